The third kappa shape index (κ3) is 7.75. The Morgan fingerprint density at radius 1 is 1.08 bits per heavy atom. The van der Waals surface area contributed by atoms with Crippen LogP contribution >= 0.6 is 0 Å². The number of alkyl halides is 2. The highest BCUT2D eigenvalue weighted by molar-refractivity contribution is 5.84. The molecule has 0 bridgehead atoms. The van der Waals surface area contributed by atoms with Gasteiger partial charge < -0.3 is 20.7 Å². The Labute approximate surface area is 139 Å². The van der Waals surface area contributed by atoms with E-state index in [1.165, 1.54) is 12.1 Å². The molecule has 0 radical (unpaired) electrons. The second-order valence-corrected chi connectivity index (χ2v) is 5.69. The first-order chi connectivity index (χ1) is 11.3. The van der Waals surface area contributed by atoms with Gasteiger partial charge in [-0.25, -0.2) is 4.79 Å². The fourth-order valence-electron chi connectivity index (χ4n) is 1.81. The number of halogens is 2. The molecule has 24 heavy (non-hydrogen) atoms. The number of hydrogen-bond donors (Lipinski definition) is 3. The molecule has 1 aromatic carbocycles. The second kappa shape index (κ2) is 9.69. The average molecular weight is 343 g/mol. The topological polar surface area (TPSA) is 79.5 Å². The van der Waals surface area contributed by atoms with Crippen molar-refractivity contribution >= 4 is 11.9 Å². The van der Waals surface area contributed by atoms with Gasteiger partial charge in [-0.15, -0.1) is 0 Å². The maximum Gasteiger partial charge on any atom is 0.387 e. The standard InChI is InChI=1S/C16H23F2N3O3/c1-10(2)8-19-14(22)9-20-16(23)21-11(3)12-4-6-13(7-5-12)24-15(17)18/h4-7,10-11,15H,8-9H2,1-3H3,(H,19,22)(H2,20,21,23)/t11-/m0/s1. The van der Waals surface area contributed by atoms with E-state index in [4.69, 9.17) is 0 Å². The Morgan fingerprint density at radius 2 is 1.71 bits per heavy atom. The number of amides is 3. The van der Waals surface area contributed by atoms with Crippen LogP contribution < -0.4 is 20.7 Å². The fraction of sp³-hybridized carbons (Fsp3) is 0.500. The number of carbonyl (C=O) groups is 2. The van der Waals surface area contributed by atoms with Gasteiger partial charge in [-0.2, -0.15) is 8.78 Å². The van der Waals surface area contributed by atoms with E-state index in [2.05, 4.69) is 20.7 Å². The Bertz CT molecular complexity index is 536. The Kier molecular flexibility index (Phi) is 7.94. The van der Waals surface area contributed by atoms with Gasteiger partial charge in [-0.05, 0) is 30.5 Å². The van der Waals surface area contributed by atoms with E-state index in [0.29, 0.717) is 12.5 Å². The molecular formula is C16H23F2N3O3. The maximum atomic E-state index is 12.1. The third-order valence-corrected chi connectivity index (χ3v) is 3.07. The molecule has 0 saturated carbocycles. The minimum absolute atomic E-state index is 0.0484. The molecule has 0 aromatic heterocycles. The van der Waals surface area contributed by atoms with Gasteiger partial charge >= 0.3 is 12.6 Å². The second-order valence-electron chi connectivity index (χ2n) is 5.69. The van der Waals surface area contributed by atoms with Gasteiger partial charge in [-0.3, -0.25) is 4.79 Å². The number of nitrogens with one attached hydrogen (secondary N) is 3. The van der Waals surface area contributed by atoms with Crippen LogP contribution in [0.15, 0.2) is 24.3 Å². The van der Waals surface area contributed by atoms with Crippen molar-refractivity contribution < 1.29 is 23.1 Å². The van der Waals surface area contributed by atoms with Crippen molar-refractivity contribution in [1.29, 1.82) is 0 Å². The largest absolute Gasteiger partial charge is 0.435 e. The van der Waals surface area contributed by atoms with Crippen LogP contribution in [-0.2, 0) is 4.79 Å². The Balaban J connectivity index is 2.39. The number of ether oxygens (including phenoxy) is 1. The SMILES string of the molecule is CC(C)CNC(=O)CNC(=O)N[C@@H](C)c1ccc(OC(F)F)cc1. The van der Waals surface area contributed by atoms with Crippen molar-refractivity contribution in [2.24, 2.45) is 5.92 Å². The van der Waals surface area contributed by atoms with Crippen LogP contribution in [0.4, 0.5) is 13.6 Å². The molecule has 0 saturated heterocycles. The van der Waals surface area contributed by atoms with Crippen molar-refractivity contribution in [3.05, 3.63) is 29.8 Å². The van der Waals surface area contributed by atoms with Crippen molar-refractivity contribution in [2.45, 2.75) is 33.4 Å². The molecule has 0 heterocycles. The van der Waals surface area contributed by atoms with Crippen molar-refractivity contribution in [3.8, 4) is 5.75 Å². The van der Waals surface area contributed by atoms with E-state index >= 15 is 0 Å². The zero-order valence-corrected chi connectivity index (χ0v) is 13.9. The molecule has 3 amide bonds. The smallest absolute Gasteiger partial charge is 0.387 e. The molecule has 6 nitrogen and oxygen atoms in total. The monoisotopic (exact) mass is 343 g/mol. The molecule has 1 aromatic rings. The highest BCUT2D eigenvalue weighted by Crippen LogP contribution is 2.18. The molecule has 0 aliphatic carbocycles. The number of urea groups is 1. The van der Waals surface area contributed by atoms with Gasteiger partial charge in [0.15, 0.2) is 0 Å². The van der Waals surface area contributed by atoms with E-state index in [1.807, 2.05) is 13.8 Å². The average Bonchev–Trinajstić information content (AvgIpc) is 2.51. The van der Waals surface area contributed by atoms with E-state index in [1.54, 1.807) is 19.1 Å². The molecule has 0 fully saturated rings. The summed E-state index contributed by atoms with van der Waals surface area (Å²) in [5.74, 6) is 0.118. The molecule has 3 N–H and O–H groups in total. The van der Waals surface area contributed by atoms with Crippen LogP contribution in [0.3, 0.4) is 0 Å². The van der Waals surface area contributed by atoms with Gasteiger partial charge in [0, 0.05) is 6.54 Å². The van der Waals surface area contributed by atoms with Gasteiger partial charge in [0.2, 0.25) is 5.91 Å². The molecule has 0 aliphatic rings. The van der Waals surface area contributed by atoms with Gasteiger partial charge in [0.25, 0.3) is 0 Å². The fourth-order valence-corrected chi connectivity index (χ4v) is 1.81. The molecular weight excluding hydrogens is 320 g/mol. The lowest BCUT2D eigenvalue weighted by Crippen LogP contribution is -2.43. The quantitative estimate of drug-likeness (QED) is 0.678. The van der Waals surface area contributed by atoms with Gasteiger partial charge in [0.05, 0.1) is 12.6 Å². The lowest BCUT2D eigenvalue weighted by molar-refractivity contribution is -0.120. The summed E-state index contributed by atoms with van der Waals surface area (Å²) in [7, 11) is 0. The van der Waals surface area contributed by atoms with E-state index in [0.717, 1.165) is 5.56 Å². The minimum atomic E-state index is -2.88. The summed E-state index contributed by atoms with van der Waals surface area (Å²) >= 11 is 0. The molecule has 1 atom stereocenters. The first kappa shape index (κ1) is 19.7. The first-order valence-corrected chi connectivity index (χ1v) is 7.63. The number of hydrogen-bond acceptors (Lipinski definition) is 3. The van der Waals surface area contributed by atoms with Crippen LogP contribution in [-0.4, -0.2) is 31.6 Å². The predicted octanol–water partition coefficient (Wildman–Crippen LogP) is 2.42. The summed E-state index contributed by atoms with van der Waals surface area (Å²) in [5.41, 5.74) is 0.719. The molecule has 1 rings (SSSR count). The normalized spacial score (nSPS) is 12.0. The maximum absolute atomic E-state index is 12.1. The van der Waals surface area contributed by atoms with E-state index < -0.39 is 12.6 Å². The summed E-state index contributed by atoms with van der Waals surface area (Å²) < 4.78 is 28.4. The molecule has 0 unspecified atom stereocenters. The van der Waals surface area contributed by atoms with Crippen LogP contribution in [0.1, 0.15) is 32.4 Å². The lowest BCUT2D eigenvalue weighted by atomic mass is 10.1. The van der Waals surface area contributed by atoms with Crippen LogP contribution in [0, 0.1) is 5.92 Å². The van der Waals surface area contributed by atoms with Crippen LogP contribution in [0.5, 0.6) is 5.75 Å². The van der Waals surface area contributed by atoms with Crippen molar-refractivity contribution in [3.63, 3.8) is 0 Å². The van der Waals surface area contributed by atoms with Crippen molar-refractivity contribution in [1.82, 2.24) is 16.0 Å². The zero-order chi connectivity index (χ0) is 18.1. The summed E-state index contributed by atoms with van der Waals surface area (Å²) in [5, 5.41) is 7.80. The number of benzene rings is 1. The number of carbonyl (C=O) groups excluding carboxylic acids is 2. The highest BCUT2D eigenvalue weighted by Gasteiger charge is 2.11. The minimum Gasteiger partial charge on any atom is -0.435 e. The lowest BCUT2D eigenvalue weighted by Gasteiger charge is -2.16. The van der Waals surface area contributed by atoms with E-state index in [-0.39, 0.29) is 24.2 Å². The predicted molar refractivity (Wildman–Crippen MR) is 85.9 cm³/mol. The van der Waals surface area contributed by atoms with Crippen molar-refractivity contribution in [2.75, 3.05) is 13.1 Å². The third-order valence-electron chi connectivity index (χ3n) is 3.07. The summed E-state index contributed by atoms with van der Waals surface area (Å²) in [6.07, 6.45) is 0. The van der Waals surface area contributed by atoms with Crippen LogP contribution in [0.25, 0.3) is 0 Å². The number of rotatable bonds is 8. The Morgan fingerprint density at radius 3 is 2.25 bits per heavy atom. The molecule has 8 heteroatoms. The molecule has 134 valence electrons. The van der Waals surface area contributed by atoms with Gasteiger partial charge in [-0.1, -0.05) is 26.0 Å². The first-order valence-electron chi connectivity index (χ1n) is 7.63. The highest BCUT2D eigenvalue weighted by atomic mass is 19.3. The van der Waals surface area contributed by atoms with Gasteiger partial charge in [0.1, 0.15) is 5.75 Å². The van der Waals surface area contributed by atoms with E-state index in [9.17, 15) is 18.4 Å². The zero-order valence-electron chi connectivity index (χ0n) is 13.9. The summed E-state index contributed by atoms with van der Waals surface area (Å²) in [6, 6.07) is 5.11. The Hall–Kier alpha value is -2.38. The summed E-state index contributed by atoms with van der Waals surface area (Å²) in [4.78, 5) is 23.3. The molecule has 0 aliphatic heterocycles. The summed E-state index contributed by atoms with van der Waals surface area (Å²) in [6.45, 7) is 3.23. The molecule has 0 spiro atoms. The van der Waals surface area contributed by atoms with Crippen LogP contribution in [0.2, 0.25) is 0 Å².